The molecule has 5 nitrogen and oxygen atoms in total. The van der Waals surface area contributed by atoms with Crippen LogP contribution in [0.4, 0.5) is 0 Å². The van der Waals surface area contributed by atoms with E-state index in [2.05, 4.69) is 34.5 Å². The van der Waals surface area contributed by atoms with E-state index >= 15 is 0 Å². The maximum Gasteiger partial charge on any atom is 0.213 e. The molecule has 0 atom stereocenters. The fourth-order valence-electron chi connectivity index (χ4n) is 1.95. The Bertz CT molecular complexity index is 441. The second-order valence-corrected chi connectivity index (χ2v) is 4.90. The summed E-state index contributed by atoms with van der Waals surface area (Å²) in [6, 6.07) is 3.96. The summed E-state index contributed by atoms with van der Waals surface area (Å²) in [5.74, 6) is 1.56. The van der Waals surface area contributed by atoms with Crippen molar-refractivity contribution < 1.29 is 4.74 Å². The van der Waals surface area contributed by atoms with Gasteiger partial charge in [-0.1, -0.05) is 0 Å². The summed E-state index contributed by atoms with van der Waals surface area (Å²) >= 11 is 0. The molecule has 1 aliphatic carbocycles. The third kappa shape index (κ3) is 6.07. The number of hydrogen-bond acceptors (Lipinski definition) is 3. The van der Waals surface area contributed by atoms with Gasteiger partial charge < -0.3 is 15.4 Å². The molecule has 21 heavy (non-hydrogen) atoms. The minimum Gasteiger partial charge on any atom is -0.474 e. The third-order valence-corrected chi connectivity index (χ3v) is 3.25. The van der Waals surface area contributed by atoms with E-state index in [0.29, 0.717) is 12.6 Å². The van der Waals surface area contributed by atoms with Crippen molar-refractivity contribution in [3.63, 3.8) is 0 Å². The quantitative estimate of drug-likeness (QED) is 0.435. The lowest BCUT2D eigenvalue weighted by molar-refractivity contribution is 0.114. The number of pyridine rings is 1. The lowest BCUT2D eigenvalue weighted by atomic mass is 9.96. The van der Waals surface area contributed by atoms with Crippen molar-refractivity contribution in [1.82, 2.24) is 15.6 Å². The first-order chi connectivity index (χ1) is 9.81. The van der Waals surface area contributed by atoms with Crippen LogP contribution in [-0.4, -0.2) is 30.1 Å². The van der Waals surface area contributed by atoms with Gasteiger partial charge in [-0.3, -0.25) is 0 Å². The van der Waals surface area contributed by atoms with Crippen LogP contribution in [-0.2, 0) is 6.54 Å². The van der Waals surface area contributed by atoms with Crippen molar-refractivity contribution in [2.75, 3.05) is 13.1 Å². The first kappa shape index (κ1) is 18.0. The second kappa shape index (κ2) is 9.81. The minimum absolute atomic E-state index is 0. The summed E-state index contributed by atoms with van der Waals surface area (Å²) in [6.45, 7) is 6.46. The van der Waals surface area contributed by atoms with Crippen LogP contribution < -0.4 is 15.4 Å². The van der Waals surface area contributed by atoms with Crippen LogP contribution >= 0.6 is 24.0 Å². The number of nitrogens with one attached hydrogen (secondary N) is 2. The van der Waals surface area contributed by atoms with Crippen LogP contribution in [0.15, 0.2) is 23.3 Å². The van der Waals surface area contributed by atoms with Gasteiger partial charge in [-0.05, 0) is 44.7 Å². The number of nitrogens with zero attached hydrogens (tertiary/aromatic N) is 2. The van der Waals surface area contributed by atoms with Gasteiger partial charge in [-0.25, -0.2) is 9.98 Å². The van der Waals surface area contributed by atoms with E-state index in [-0.39, 0.29) is 24.0 Å². The second-order valence-electron chi connectivity index (χ2n) is 4.90. The number of hydrogen-bond donors (Lipinski definition) is 2. The topological polar surface area (TPSA) is 58.5 Å². The number of halogens is 1. The first-order valence-corrected chi connectivity index (χ1v) is 7.45. The Morgan fingerprint density at radius 3 is 2.62 bits per heavy atom. The lowest BCUT2D eigenvalue weighted by Gasteiger charge is -2.25. The normalized spacial score (nSPS) is 13.6. The Hall–Kier alpha value is -1.05. The van der Waals surface area contributed by atoms with Crippen molar-refractivity contribution in [2.24, 2.45) is 4.99 Å². The van der Waals surface area contributed by atoms with Crippen molar-refractivity contribution in [3.8, 4) is 5.88 Å². The number of ether oxygens (including phenoxy) is 1. The fraction of sp³-hybridized carbons (Fsp3) is 0.600. The largest absolute Gasteiger partial charge is 0.474 e. The highest BCUT2D eigenvalue weighted by atomic mass is 127. The summed E-state index contributed by atoms with van der Waals surface area (Å²) in [5, 5.41) is 6.42. The molecule has 0 spiro atoms. The van der Waals surface area contributed by atoms with Crippen molar-refractivity contribution >= 4 is 29.9 Å². The Morgan fingerprint density at radius 1 is 1.33 bits per heavy atom. The van der Waals surface area contributed by atoms with E-state index in [9.17, 15) is 0 Å². The van der Waals surface area contributed by atoms with Gasteiger partial charge in [0.05, 0.1) is 6.54 Å². The Kier molecular flexibility index (Phi) is 8.41. The van der Waals surface area contributed by atoms with Gasteiger partial charge >= 0.3 is 0 Å². The molecule has 118 valence electrons. The summed E-state index contributed by atoms with van der Waals surface area (Å²) < 4.78 is 5.80. The first-order valence-electron chi connectivity index (χ1n) is 7.45. The molecule has 0 aliphatic heterocycles. The molecule has 1 heterocycles. The predicted molar refractivity (Wildman–Crippen MR) is 96.4 cm³/mol. The number of guanidine groups is 1. The standard InChI is InChI=1S/C15H24N4O.HI/c1-3-16-15(17-4-2)19-11-12-8-9-18-14(10-12)20-13-6-5-7-13;/h8-10,13H,3-7,11H2,1-2H3,(H2,16,17,19);1H. The molecule has 0 bridgehead atoms. The lowest BCUT2D eigenvalue weighted by Crippen LogP contribution is -2.36. The number of aromatic nitrogens is 1. The zero-order valence-corrected chi connectivity index (χ0v) is 15.1. The average molecular weight is 404 g/mol. The van der Waals surface area contributed by atoms with E-state index in [1.54, 1.807) is 6.20 Å². The average Bonchev–Trinajstić information content (AvgIpc) is 2.41. The molecule has 1 saturated carbocycles. The SMILES string of the molecule is CCNC(=NCc1ccnc(OC2CCC2)c1)NCC.I. The Labute approximate surface area is 144 Å². The van der Waals surface area contributed by atoms with Crippen molar-refractivity contribution in [3.05, 3.63) is 23.9 Å². The van der Waals surface area contributed by atoms with Crippen LogP contribution in [0.25, 0.3) is 0 Å². The zero-order chi connectivity index (χ0) is 14.2. The summed E-state index contributed by atoms with van der Waals surface area (Å²) in [7, 11) is 0. The van der Waals surface area contributed by atoms with Gasteiger partial charge in [-0.2, -0.15) is 0 Å². The van der Waals surface area contributed by atoms with Gasteiger partial charge in [0.1, 0.15) is 6.10 Å². The molecule has 2 rings (SSSR count). The van der Waals surface area contributed by atoms with Crippen molar-refractivity contribution in [1.29, 1.82) is 0 Å². The Balaban J connectivity index is 0.00000220. The molecule has 0 radical (unpaired) electrons. The molecule has 0 aromatic carbocycles. The molecule has 6 heteroatoms. The third-order valence-electron chi connectivity index (χ3n) is 3.25. The highest BCUT2D eigenvalue weighted by molar-refractivity contribution is 14.0. The highest BCUT2D eigenvalue weighted by Crippen LogP contribution is 2.24. The molecule has 1 aromatic heterocycles. The molecule has 1 aromatic rings. The number of rotatable bonds is 6. The zero-order valence-electron chi connectivity index (χ0n) is 12.8. The van der Waals surface area contributed by atoms with Gasteiger partial charge in [0.25, 0.3) is 0 Å². The summed E-state index contributed by atoms with van der Waals surface area (Å²) in [5.41, 5.74) is 1.11. The van der Waals surface area contributed by atoms with E-state index in [1.807, 2.05) is 12.1 Å². The van der Waals surface area contributed by atoms with E-state index in [4.69, 9.17) is 4.74 Å². The molecule has 1 aliphatic rings. The predicted octanol–water partition coefficient (Wildman–Crippen LogP) is 2.71. The minimum atomic E-state index is 0. The van der Waals surface area contributed by atoms with Gasteiger partial charge in [0.2, 0.25) is 5.88 Å². The van der Waals surface area contributed by atoms with Crippen LogP contribution in [0.1, 0.15) is 38.7 Å². The van der Waals surface area contributed by atoms with Crippen LogP contribution in [0.3, 0.4) is 0 Å². The Morgan fingerprint density at radius 2 is 2.05 bits per heavy atom. The molecule has 1 fully saturated rings. The maximum absolute atomic E-state index is 5.80. The van der Waals surface area contributed by atoms with E-state index < -0.39 is 0 Å². The smallest absolute Gasteiger partial charge is 0.213 e. The fourth-order valence-corrected chi connectivity index (χ4v) is 1.95. The van der Waals surface area contributed by atoms with Gasteiger partial charge in [-0.15, -0.1) is 24.0 Å². The van der Waals surface area contributed by atoms with Crippen LogP contribution in [0.5, 0.6) is 5.88 Å². The van der Waals surface area contributed by atoms with Gasteiger partial charge in [0.15, 0.2) is 5.96 Å². The summed E-state index contributed by atoms with van der Waals surface area (Å²) in [6.07, 6.45) is 5.72. The molecule has 0 amide bonds. The monoisotopic (exact) mass is 404 g/mol. The molecule has 0 saturated heterocycles. The van der Waals surface area contributed by atoms with Crippen molar-refractivity contribution in [2.45, 2.75) is 45.8 Å². The van der Waals surface area contributed by atoms with Gasteiger partial charge in [0, 0.05) is 25.4 Å². The highest BCUT2D eigenvalue weighted by Gasteiger charge is 2.19. The van der Waals surface area contributed by atoms with Crippen LogP contribution in [0, 0.1) is 0 Å². The molecule has 2 N–H and O–H groups in total. The van der Waals surface area contributed by atoms with E-state index in [0.717, 1.165) is 43.3 Å². The maximum atomic E-state index is 5.80. The molecule has 0 unspecified atom stereocenters. The number of aliphatic imine (C=N–C) groups is 1. The molecular formula is C15H25IN4O. The molecular weight excluding hydrogens is 379 g/mol. The van der Waals surface area contributed by atoms with E-state index in [1.165, 1.54) is 6.42 Å². The summed E-state index contributed by atoms with van der Waals surface area (Å²) in [4.78, 5) is 8.80. The van der Waals surface area contributed by atoms with Crippen LogP contribution in [0.2, 0.25) is 0 Å².